The zero-order valence-corrected chi connectivity index (χ0v) is 13.9. The minimum absolute atomic E-state index is 0.211. The standard InChI is InChI=1S/C17H27FN2O2/c1-13(12-14-6-8-15(18)9-7-14)19-10-5-11-20-16(21)22-17(2,3)4/h6-9,13,19H,5,10-12H2,1-4H3,(H,20,21). The van der Waals surface area contributed by atoms with Gasteiger partial charge in [0.2, 0.25) is 0 Å². The van der Waals surface area contributed by atoms with E-state index in [1.165, 1.54) is 12.1 Å². The van der Waals surface area contributed by atoms with Crippen LogP contribution in [-0.2, 0) is 11.2 Å². The van der Waals surface area contributed by atoms with Gasteiger partial charge < -0.3 is 15.4 Å². The lowest BCUT2D eigenvalue weighted by atomic mass is 10.1. The SMILES string of the molecule is CC(Cc1ccc(F)cc1)NCCCNC(=O)OC(C)(C)C. The summed E-state index contributed by atoms with van der Waals surface area (Å²) in [7, 11) is 0. The molecule has 1 aromatic rings. The number of amides is 1. The highest BCUT2D eigenvalue weighted by Crippen LogP contribution is 2.07. The van der Waals surface area contributed by atoms with Crippen LogP contribution in [0.2, 0.25) is 0 Å². The van der Waals surface area contributed by atoms with Gasteiger partial charge >= 0.3 is 6.09 Å². The predicted octanol–water partition coefficient (Wildman–Crippen LogP) is 3.26. The molecule has 0 radical (unpaired) electrons. The quantitative estimate of drug-likeness (QED) is 0.760. The second-order valence-corrected chi connectivity index (χ2v) is 6.47. The number of carbonyl (C=O) groups excluding carboxylic acids is 1. The first-order chi connectivity index (χ1) is 10.3. The van der Waals surface area contributed by atoms with Crippen LogP contribution in [0.4, 0.5) is 9.18 Å². The zero-order valence-electron chi connectivity index (χ0n) is 13.9. The highest BCUT2D eigenvalue weighted by molar-refractivity contribution is 5.67. The third-order valence-corrected chi connectivity index (χ3v) is 2.97. The van der Waals surface area contributed by atoms with E-state index < -0.39 is 5.60 Å². The van der Waals surface area contributed by atoms with E-state index in [-0.39, 0.29) is 11.9 Å². The van der Waals surface area contributed by atoms with Crippen LogP contribution >= 0.6 is 0 Å². The van der Waals surface area contributed by atoms with Crippen molar-refractivity contribution in [3.63, 3.8) is 0 Å². The summed E-state index contributed by atoms with van der Waals surface area (Å²) in [6, 6.07) is 6.86. The molecule has 4 nitrogen and oxygen atoms in total. The van der Waals surface area contributed by atoms with Gasteiger partial charge in [-0.2, -0.15) is 0 Å². The van der Waals surface area contributed by atoms with Crippen LogP contribution in [-0.4, -0.2) is 30.8 Å². The molecule has 5 heteroatoms. The molecule has 1 atom stereocenters. The number of ether oxygens (including phenoxy) is 1. The Labute approximate surface area is 132 Å². The van der Waals surface area contributed by atoms with E-state index in [0.717, 1.165) is 24.9 Å². The highest BCUT2D eigenvalue weighted by Gasteiger charge is 2.15. The molecule has 1 amide bonds. The Hall–Kier alpha value is -1.62. The van der Waals surface area contributed by atoms with Crippen molar-refractivity contribution in [1.29, 1.82) is 0 Å². The summed E-state index contributed by atoms with van der Waals surface area (Å²) in [4.78, 5) is 11.4. The Balaban J connectivity index is 2.11. The van der Waals surface area contributed by atoms with Crippen LogP contribution in [0.15, 0.2) is 24.3 Å². The summed E-state index contributed by atoms with van der Waals surface area (Å²) in [6.07, 6.45) is 1.29. The van der Waals surface area contributed by atoms with Gasteiger partial charge in [0.05, 0.1) is 0 Å². The molecule has 0 saturated heterocycles. The normalized spacial score (nSPS) is 12.8. The van der Waals surface area contributed by atoms with Gasteiger partial charge in [-0.25, -0.2) is 9.18 Å². The van der Waals surface area contributed by atoms with Crippen molar-refractivity contribution in [3.05, 3.63) is 35.6 Å². The van der Waals surface area contributed by atoms with Gasteiger partial charge in [-0.15, -0.1) is 0 Å². The molecule has 2 N–H and O–H groups in total. The van der Waals surface area contributed by atoms with Crippen molar-refractivity contribution < 1.29 is 13.9 Å². The fourth-order valence-electron chi connectivity index (χ4n) is 1.99. The molecule has 0 aromatic heterocycles. The van der Waals surface area contributed by atoms with Crippen molar-refractivity contribution in [2.45, 2.75) is 52.2 Å². The third-order valence-electron chi connectivity index (χ3n) is 2.97. The van der Waals surface area contributed by atoms with E-state index in [9.17, 15) is 9.18 Å². The molecule has 0 fully saturated rings. The number of hydrogen-bond acceptors (Lipinski definition) is 3. The predicted molar refractivity (Wildman–Crippen MR) is 86.4 cm³/mol. The number of halogens is 1. The van der Waals surface area contributed by atoms with Crippen molar-refractivity contribution in [1.82, 2.24) is 10.6 Å². The lowest BCUT2D eigenvalue weighted by molar-refractivity contribution is 0.0527. The molecule has 0 spiro atoms. The van der Waals surface area contributed by atoms with E-state index in [2.05, 4.69) is 17.6 Å². The Morgan fingerprint density at radius 2 is 1.86 bits per heavy atom. The maximum Gasteiger partial charge on any atom is 0.407 e. The first kappa shape index (κ1) is 18.4. The largest absolute Gasteiger partial charge is 0.444 e. The minimum Gasteiger partial charge on any atom is -0.444 e. The number of carbonyl (C=O) groups is 1. The van der Waals surface area contributed by atoms with Gasteiger partial charge in [0.1, 0.15) is 11.4 Å². The maximum absolute atomic E-state index is 12.8. The monoisotopic (exact) mass is 310 g/mol. The van der Waals surface area contributed by atoms with E-state index in [4.69, 9.17) is 4.74 Å². The minimum atomic E-state index is -0.466. The Kier molecular flexibility index (Phi) is 7.32. The Morgan fingerprint density at radius 3 is 2.45 bits per heavy atom. The van der Waals surface area contributed by atoms with Crippen LogP contribution < -0.4 is 10.6 Å². The van der Waals surface area contributed by atoms with Gasteiger partial charge in [-0.1, -0.05) is 12.1 Å². The molecule has 124 valence electrons. The number of hydrogen-bond donors (Lipinski definition) is 2. The van der Waals surface area contributed by atoms with Crippen LogP contribution in [0.3, 0.4) is 0 Å². The fraction of sp³-hybridized carbons (Fsp3) is 0.588. The first-order valence-electron chi connectivity index (χ1n) is 7.71. The molecule has 22 heavy (non-hydrogen) atoms. The first-order valence-corrected chi connectivity index (χ1v) is 7.71. The van der Waals surface area contributed by atoms with E-state index in [1.54, 1.807) is 12.1 Å². The number of rotatable bonds is 7. The van der Waals surface area contributed by atoms with Crippen LogP contribution in [0.1, 0.15) is 39.7 Å². The number of alkyl carbamates (subject to hydrolysis) is 1. The van der Waals surface area contributed by atoms with Crippen molar-refractivity contribution >= 4 is 6.09 Å². The smallest absolute Gasteiger partial charge is 0.407 e. The number of benzene rings is 1. The molecular formula is C17H27FN2O2. The van der Waals surface area contributed by atoms with E-state index in [0.29, 0.717) is 12.6 Å². The second kappa shape index (κ2) is 8.73. The molecule has 1 aromatic carbocycles. The van der Waals surface area contributed by atoms with Crippen LogP contribution in [0.5, 0.6) is 0 Å². The highest BCUT2D eigenvalue weighted by atomic mass is 19.1. The molecular weight excluding hydrogens is 283 g/mol. The van der Waals surface area contributed by atoms with E-state index >= 15 is 0 Å². The molecule has 0 saturated carbocycles. The van der Waals surface area contributed by atoms with Crippen molar-refractivity contribution in [2.75, 3.05) is 13.1 Å². The summed E-state index contributed by atoms with van der Waals surface area (Å²) in [5.74, 6) is -0.211. The summed E-state index contributed by atoms with van der Waals surface area (Å²) in [6.45, 7) is 8.98. The topological polar surface area (TPSA) is 50.4 Å². The molecule has 1 unspecified atom stereocenters. The van der Waals surface area contributed by atoms with Gasteiger partial charge in [-0.3, -0.25) is 0 Å². The molecule has 0 heterocycles. The van der Waals surface area contributed by atoms with Crippen LogP contribution in [0.25, 0.3) is 0 Å². The fourth-order valence-corrected chi connectivity index (χ4v) is 1.99. The van der Waals surface area contributed by atoms with E-state index in [1.807, 2.05) is 20.8 Å². The third kappa shape index (κ3) is 8.62. The molecule has 0 aliphatic carbocycles. The maximum atomic E-state index is 12.8. The van der Waals surface area contributed by atoms with Crippen molar-refractivity contribution in [3.8, 4) is 0 Å². The molecule has 1 rings (SSSR count). The second-order valence-electron chi connectivity index (χ2n) is 6.47. The van der Waals surface area contributed by atoms with Gasteiger partial charge in [-0.05, 0) is 64.8 Å². The summed E-state index contributed by atoms with van der Waals surface area (Å²) in [5.41, 5.74) is 0.639. The Morgan fingerprint density at radius 1 is 1.23 bits per heavy atom. The average molecular weight is 310 g/mol. The van der Waals surface area contributed by atoms with Crippen molar-refractivity contribution in [2.24, 2.45) is 0 Å². The molecule has 0 aliphatic rings. The Bertz CT molecular complexity index is 455. The average Bonchev–Trinajstić information content (AvgIpc) is 2.39. The lowest BCUT2D eigenvalue weighted by Crippen LogP contribution is -2.35. The van der Waals surface area contributed by atoms with Gasteiger partial charge in [0.25, 0.3) is 0 Å². The summed E-state index contributed by atoms with van der Waals surface area (Å²) in [5, 5.41) is 6.11. The van der Waals surface area contributed by atoms with Crippen LogP contribution in [0, 0.1) is 5.82 Å². The molecule has 0 aliphatic heterocycles. The van der Waals surface area contributed by atoms with Gasteiger partial charge in [0.15, 0.2) is 0 Å². The van der Waals surface area contributed by atoms with Gasteiger partial charge in [0, 0.05) is 12.6 Å². The zero-order chi connectivity index (χ0) is 16.6. The molecule has 0 bridgehead atoms. The summed E-state index contributed by atoms with van der Waals surface area (Å²) >= 11 is 0. The number of nitrogens with one attached hydrogen (secondary N) is 2. The summed E-state index contributed by atoms with van der Waals surface area (Å²) < 4.78 is 18.0. The lowest BCUT2D eigenvalue weighted by Gasteiger charge is -2.19.